The topological polar surface area (TPSA) is 107 Å². The van der Waals surface area contributed by atoms with Crippen molar-refractivity contribution in [2.45, 2.75) is 52.7 Å². The molecule has 2 amide bonds. The highest BCUT2D eigenvalue weighted by Crippen LogP contribution is 2.07. The smallest absolute Gasteiger partial charge is 0.414 e. The third-order valence-corrected chi connectivity index (χ3v) is 2.16. The normalized spacial score (nSPS) is 12.0. The van der Waals surface area contributed by atoms with Crippen molar-refractivity contribution in [3.63, 3.8) is 0 Å². The maximum Gasteiger partial charge on any atom is 0.414 e. The zero-order chi connectivity index (χ0) is 17.2. The Labute approximate surface area is 131 Å². The number of hydrogen-bond acceptors (Lipinski definition) is 6. The van der Waals surface area contributed by atoms with Crippen LogP contribution in [0, 0.1) is 5.92 Å². The highest BCUT2D eigenvalue weighted by atomic mass is 16.6. The molecule has 7 heteroatoms. The molecule has 1 atom stereocenters. The SMILES string of the molecule is CC(C)CC(N)C(=O)NC(=O)OC(C)(C)C.c1cncnc1. The van der Waals surface area contributed by atoms with E-state index in [-0.39, 0.29) is 0 Å². The second kappa shape index (κ2) is 9.83. The molecule has 0 saturated heterocycles. The Morgan fingerprint density at radius 2 is 1.77 bits per heavy atom. The van der Waals surface area contributed by atoms with Crippen molar-refractivity contribution >= 4 is 12.0 Å². The Kier molecular flexibility index (Phi) is 8.93. The lowest BCUT2D eigenvalue weighted by Gasteiger charge is -2.20. The van der Waals surface area contributed by atoms with Crippen molar-refractivity contribution in [1.82, 2.24) is 15.3 Å². The average molecular weight is 310 g/mol. The van der Waals surface area contributed by atoms with Gasteiger partial charge in [0.2, 0.25) is 5.91 Å². The lowest BCUT2D eigenvalue weighted by atomic mass is 10.0. The van der Waals surface area contributed by atoms with Crippen LogP contribution in [0.4, 0.5) is 4.79 Å². The summed E-state index contributed by atoms with van der Waals surface area (Å²) in [5, 5.41) is 2.12. The molecule has 1 rings (SSSR count). The van der Waals surface area contributed by atoms with E-state index in [9.17, 15) is 9.59 Å². The monoisotopic (exact) mass is 310 g/mol. The first-order chi connectivity index (χ1) is 10.1. The summed E-state index contributed by atoms with van der Waals surface area (Å²) in [5.74, 6) is -0.192. The minimum atomic E-state index is -0.753. The van der Waals surface area contributed by atoms with E-state index in [2.05, 4.69) is 15.3 Å². The maximum atomic E-state index is 11.4. The molecular weight excluding hydrogens is 284 g/mol. The fourth-order valence-electron chi connectivity index (χ4n) is 1.37. The Morgan fingerprint density at radius 3 is 2.09 bits per heavy atom. The summed E-state index contributed by atoms with van der Waals surface area (Å²) in [4.78, 5) is 30.0. The zero-order valence-corrected chi connectivity index (χ0v) is 13.9. The summed E-state index contributed by atoms with van der Waals surface area (Å²) in [7, 11) is 0. The van der Waals surface area contributed by atoms with Crippen LogP contribution in [0.1, 0.15) is 41.0 Å². The van der Waals surface area contributed by atoms with Crippen LogP contribution in [0.15, 0.2) is 24.8 Å². The van der Waals surface area contributed by atoms with E-state index in [0.717, 1.165) is 0 Å². The number of nitrogens with zero attached hydrogens (tertiary/aromatic N) is 2. The maximum absolute atomic E-state index is 11.4. The number of imide groups is 1. The zero-order valence-electron chi connectivity index (χ0n) is 13.9. The number of alkyl carbamates (subject to hydrolysis) is 1. The highest BCUT2D eigenvalue weighted by molar-refractivity contribution is 5.94. The fraction of sp³-hybridized carbons (Fsp3) is 0.600. The number of aromatic nitrogens is 2. The Hall–Kier alpha value is -2.02. The molecule has 0 fully saturated rings. The van der Waals surface area contributed by atoms with Crippen LogP contribution in [0.2, 0.25) is 0 Å². The lowest BCUT2D eigenvalue weighted by Crippen LogP contribution is -2.45. The van der Waals surface area contributed by atoms with E-state index in [0.29, 0.717) is 12.3 Å². The molecule has 0 aliphatic carbocycles. The second-order valence-electron chi connectivity index (χ2n) is 6.13. The number of hydrogen-bond donors (Lipinski definition) is 2. The fourth-order valence-corrected chi connectivity index (χ4v) is 1.37. The minimum absolute atomic E-state index is 0.305. The van der Waals surface area contributed by atoms with E-state index >= 15 is 0 Å². The van der Waals surface area contributed by atoms with Crippen LogP contribution in [0.25, 0.3) is 0 Å². The number of ether oxygens (including phenoxy) is 1. The number of carbonyl (C=O) groups is 2. The van der Waals surface area contributed by atoms with E-state index in [1.165, 1.54) is 6.33 Å². The van der Waals surface area contributed by atoms with Crippen LogP contribution in [0.3, 0.4) is 0 Å². The van der Waals surface area contributed by atoms with E-state index < -0.39 is 23.6 Å². The van der Waals surface area contributed by atoms with Gasteiger partial charge in [-0.3, -0.25) is 10.1 Å². The van der Waals surface area contributed by atoms with E-state index in [4.69, 9.17) is 10.5 Å². The first-order valence-electron chi connectivity index (χ1n) is 7.11. The third kappa shape index (κ3) is 11.8. The van der Waals surface area contributed by atoms with Gasteiger partial charge in [-0.1, -0.05) is 13.8 Å². The molecule has 1 unspecified atom stereocenters. The lowest BCUT2D eigenvalue weighted by molar-refractivity contribution is -0.122. The molecule has 0 aliphatic heterocycles. The van der Waals surface area contributed by atoms with Gasteiger partial charge < -0.3 is 10.5 Å². The van der Waals surface area contributed by atoms with Crippen molar-refractivity contribution < 1.29 is 14.3 Å². The summed E-state index contributed by atoms with van der Waals surface area (Å²) in [6.45, 7) is 9.10. The standard InChI is InChI=1S/C11H22N2O3.C4H4N2/c1-7(2)6-8(12)9(14)13-10(15)16-11(3,4)5;1-2-5-4-6-3-1/h7-8H,6,12H2,1-5H3,(H,13,14,15);1-4H. The molecule has 0 saturated carbocycles. The van der Waals surface area contributed by atoms with Crippen molar-refractivity contribution in [2.24, 2.45) is 11.7 Å². The molecule has 7 nitrogen and oxygen atoms in total. The summed E-state index contributed by atoms with van der Waals surface area (Å²) < 4.78 is 4.94. The number of nitrogens with one attached hydrogen (secondary N) is 1. The molecule has 1 aromatic heterocycles. The van der Waals surface area contributed by atoms with Gasteiger partial charge >= 0.3 is 6.09 Å². The van der Waals surface area contributed by atoms with Crippen molar-refractivity contribution in [3.8, 4) is 0 Å². The molecule has 1 aromatic rings. The van der Waals surface area contributed by atoms with Crippen molar-refractivity contribution in [2.75, 3.05) is 0 Å². The summed E-state index contributed by atoms with van der Waals surface area (Å²) in [5.41, 5.74) is 4.99. The van der Waals surface area contributed by atoms with Gasteiger partial charge in [-0.15, -0.1) is 0 Å². The summed E-state index contributed by atoms with van der Waals surface area (Å²) in [6.07, 6.45) is 4.66. The molecule has 0 bridgehead atoms. The van der Waals surface area contributed by atoms with Gasteiger partial charge in [-0.25, -0.2) is 14.8 Å². The molecule has 1 heterocycles. The minimum Gasteiger partial charge on any atom is -0.444 e. The summed E-state index contributed by atoms with van der Waals surface area (Å²) in [6, 6.07) is 1.10. The van der Waals surface area contributed by atoms with E-state index in [1.54, 1.807) is 39.2 Å². The first kappa shape index (κ1) is 20.0. The number of carbonyl (C=O) groups excluding carboxylic acids is 2. The molecule has 0 aromatic carbocycles. The Balaban J connectivity index is 0.000000604. The number of nitrogens with two attached hydrogens (primary N) is 1. The summed E-state index contributed by atoms with van der Waals surface area (Å²) >= 11 is 0. The molecule has 0 aliphatic rings. The average Bonchev–Trinajstić information content (AvgIpc) is 2.38. The van der Waals surface area contributed by atoms with Gasteiger partial charge in [0.05, 0.1) is 6.04 Å². The van der Waals surface area contributed by atoms with Crippen LogP contribution >= 0.6 is 0 Å². The quantitative estimate of drug-likeness (QED) is 0.882. The number of rotatable bonds is 3. The molecule has 0 radical (unpaired) electrons. The first-order valence-corrected chi connectivity index (χ1v) is 7.11. The van der Waals surface area contributed by atoms with Gasteiger partial charge in [0.1, 0.15) is 11.9 Å². The van der Waals surface area contributed by atoms with Gasteiger partial charge in [0.25, 0.3) is 0 Å². The van der Waals surface area contributed by atoms with Gasteiger partial charge in [0, 0.05) is 12.4 Å². The van der Waals surface area contributed by atoms with E-state index in [1.807, 2.05) is 13.8 Å². The predicted molar refractivity (Wildman–Crippen MR) is 83.8 cm³/mol. The Morgan fingerprint density at radius 1 is 1.23 bits per heavy atom. The molecular formula is C15H26N4O3. The molecule has 124 valence electrons. The van der Waals surface area contributed by atoms with Gasteiger partial charge in [-0.2, -0.15) is 0 Å². The Bertz CT molecular complexity index is 417. The highest BCUT2D eigenvalue weighted by Gasteiger charge is 2.21. The van der Waals surface area contributed by atoms with Gasteiger partial charge in [-0.05, 0) is 39.2 Å². The molecule has 0 spiro atoms. The van der Waals surface area contributed by atoms with Crippen LogP contribution in [0.5, 0.6) is 0 Å². The number of amides is 2. The molecule has 22 heavy (non-hydrogen) atoms. The largest absolute Gasteiger partial charge is 0.444 e. The van der Waals surface area contributed by atoms with Gasteiger partial charge in [0.15, 0.2) is 0 Å². The second-order valence-corrected chi connectivity index (χ2v) is 6.13. The van der Waals surface area contributed by atoms with Crippen LogP contribution < -0.4 is 11.1 Å². The van der Waals surface area contributed by atoms with Crippen molar-refractivity contribution in [1.29, 1.82) is 0 Å². The molecule has 3 N–H and O–H groups in total. The third-order valence-electron chi connectivity index (χ3n) is 2.16. The van der Waals surface area contributed by atoms with Crippen LogP contribution in [-0.2, 0) is 9.53 Å². The van der Waals surface area contributed by atoms with Crippen molar-refractivity contribution in [3.05, 3.63) is 24.8 Å². The predicted octanol–water partition coefficient (Wildman–Crippen LogP) is 1.89. The van der Waals surface area contributed by atoms with Crippen LogP contribution in [-0.4, -0.2) is 33.6 Å².